The van der Waals surface area contributed by atoms with Crippen LogP contribution in [0.1, 0.15) is 124 Å². The number of rotatable bonds is 11. The molecule has 116 heavy (non-hydrogen) atoms. The largest absolute Gasteiger partial charge is 0.355 e. The predicted octanol–water partition coefficient (Wildman–Crippen LogP) is 12.2. The van der Waals surface area contributed by atoms with Crippen LogP contribution >= 0.6 is 24.0 Å². The van der Waals surface area contributed by atoms with E-state index >= 15 is 0 Å². The number of piperidine rings is 4. The number of halogens is 2. The highest BCUT2D eigenvalue weighted by Gasteiger charge is 2.65. The molecule has 6 saturated heterocycles. The van der Waals surface area contributed by atoms with Crippen LogP contribution in [0.25, 0.3) is 9.69 Å². The number of alkyl halides is 1. The van der Waals surface area contributed by atoms with E-state index in [0.717, 1.165) is 109 Å². The van der Waals surface area contributed by atoms with Crippen molar-refractivity contribution in [3.8, 4) is 0 Å². The number of aryl methyl sites for hydroxylation is 4. The summed E-state index contributed by atoms with van der Waals surface area (Å²) in [6.07, 6.45) is 24.6. The second kappa shape index (κ2) is 34.9. The molecule has 8 fully saturated rings. The topological polar surface area (TPSA) is 241 Å². The lowest BCUT2D eigenvalue weighted by Crippen LogP contribution is -2.64. The highest BCUT2D eigenvalue weighted by Crippen LogP contribution is 2.59. The number of fused-ring (bicyclic) bond motifs is 4. The average molecular weight is 1610 g/mol. The molecule has 0 unspecified atom stereocenters. The summed E-state index contributed by atoms with van der Waals surface area (Å²) < 4.78 is 31.2. The molecule has 4 aliphatic carbocycles. The quantitative estimate of drug-likeness (QED) is 0.0936. The number of carbonyl (C=O) groups is 6. The third-order valence-electron chi connectivity index (χ3n) is 26.4. The van der Waals surface area contributed by atoms with Gasteiger partial charge in [-0.3, -0.25) is 37.9 Å². The van der Waals surface area contributed by atoms with Crippen LogP contribution in [-0.4, -0.2) is 153 Å². The molecule has 10 aliphatic rings. The van der Waals surface area contributed by atoms with Crippen LogP contribution in [0, 0.1) is 60.5 Å². The number of allylic oxidation sites excluding steroid dienone is 2. The van der Waals surface area contributed by atoms with Gasteiger partial charge < -0.3 is 48.6 Å². The molecule has 608 valence electrons. The summed E-state index contributed by atoms with van der Waals surface area (Å²) in [5.41, 5.74) is 5.28. The van der Waals surface area contributed by atoms with E-state index < -0.39 is 33.2 Å². The lowest BCUT2D eigenvalue weighted by molar-refractivity contribution is -0.239. The minimum Gasteiger partial charge on any atom is -0.355 e. The second-order valence-electron chi connectivity index (χ2n) is 32.6. The fourth-order valence-corrected chi connectivity index (χ4v) is 21.0. The van der Waals surface area contributed by atoms with E-state index in [1.165, 1.54) is 0 Å². The smallest absolute Gasteiger partial charge is 0.236 e. The van der Waals surface area contributed by atoms with Gasteiger partial charge in [-0.2, -0.15) is 20.4 Å². The van der Waals surface area contributed by atoms with Crippen molar-refractivity contribution in [1.82, 2.24) is 59.1 Å². The summed E-state index contributed by atoms with van der Waals surface area (Å²) in [7, 11) is 7.48. The van der Waals surface area contributed by atoms with Crippen molar-refractivity contribution in [2.45, 2.75) is 138 Å². The Kier molecular flexibility index (Phi) is 25.2. The molecule has 2 saturated carbocycles. The Labute approximate surface area is 689 Å². The summed E-state index contributed by atoms with van der Waals surface area (Å²) in [4.78, 5) is 92.6. The Hall–Kier alpha value is -10.2. The summed E-state index contributed by atoms with van der Waals surface area (Å²) in [6, 6.07) is 39.8. The van der Waals surface area contributed by atoms with E-state index in [2.05, 4.69) is 73.5 Å². The number of ether oxygens (including phenoxy) is 4. The average Bonchev–Trinajstić information content (AvgIpc) is 1.29. The number of nitrogens with zero attached hydrogens (tertiary/aromatic N) is 13. The Morgan fingerprint density at radius 3 is 1.11 bits per heavy atom. The molecule has 4 aromatic carbocycles. The number of Topliss-reactive ketones (excluding diaryl/α,β-unsaturated/α-hetero) is 2. The van der Waals surface area contributed by atoms with Crippen molar-refractivity contribution in [2.75, 3.05) is 52.6 Å². The van der Waals surface area contributed by atoms with Gasteiger partial charge in [0.1, 0.15) is 0 Å². The molecule has 10 heterocycles. The van der Waals surface area contributed by atoms with Crippen molar-refractivity contribution in [2.24, 2.45) is 75.5 Å². The van der Waals surface area contributed by atoms with E-state index in [4.69, 9.17) is 43.7 Å². The Balaban J connectivity index is 0.000000130. The van der Waals surface area contributed by atoms with Gasteiger partial charge in [0.25, 0.3) is 0 Å². The van der Waals surface area contributed by atoms with Crippen LogP contribution in [-0.2, 0) is 123 Å². The number of hydrogen-bond donors (Lipinski definition) is 1. The molecule has 0 bridgehead atoms. The Morgan fingerprint density at radius 2 is 0.767 bits per heavy atom. The highest BCUT2D eigenvalue weighted by atomic mass is 35.5. The minimum absolute atomic E-state index is 0. The van der Waals surface area contributed by atoms with Gasteiger partial charge in [-0.05, 0) is 84.5 Å². The second-order valence-corrected chi connectivity index (χ2v) is 32.8. The van der Waals surface area contributed by atoms with Gasteiger partial charge in [-0.1, -0.05) is 161 Å². The molecule has 18 rings (SSSR count). The lowest BCUT2D eigenvalue weighted by Gasteiger charge is -2.56. The molecule has 0 radical (unpaired) electrons. The normalized spacial score (nSPS) is 28.6. The van der Waals surface area contributed by atoms with Gasteiger partial charge in [0, 0.05) is 158 Å². The third-order valence-corrected chi connectivity index (χ3v) is 26.8. The third kappa shape index (κ3) is 15.4. The maximum Gasteiger partial charge on any atom is 0.236 e. The fraction of sp³-hybridized carbons (Fsp3) is 0.467. The molecular formula is C90H104Cl2N14O10. The van der Waals surface area contributed by atoms with Crippen molar-refractivity contribution in [3.05, 3.63) is 262 Å². The molecule has 6 aliphatic heterocycles. The number of ketones is 2. The van der Waals surface area contributed by atoms with Gasteiger partial charge in [0.05, 0.1) is 91.9 Å². The van der Waals surface area contributed by atoms with Gasteiger partial charge in [-0.25, -0.2) is 9.69 Å². The fourth-order valence-electron chi connectivity index (χ4n) is 20.8. The van der Waals surface area contributed by atoms with Gasteiger partial charge >= 0.3 is 0 Å². The predicted molar refractivity (Wildman–Crippen MR) is 438 cm³/mol. The molecule has 1 N–H and O–H groups in total. The first-order chi connectivity index (χ1) is 55.5. The summed E-state index contributed by atoms with van der Waals surface area (Å²) in [5.74, 6) is -0.586. The highest BCUT2D eigenvalue weighted by molar-refractivity contribution is 6.17. The standard InChI is InChI=1S/C23H29N3O3.2C22H22N4O2.C18H23NO3.C5H7ClN2.ClH/c1-17-20-8-11-26(16-18-14-24-25(2)15-18)21(27)22(20,19-6-4-3-5-7-19)9-10-23(17)28-12-13-29-23;2*1-15-18-9-10-26(14-16-12-24-25(3)13-16)21(28)22(18,11-19(23-2)20(15)27)17-7-5-4-6-8-17;1-13-15-7-10-19-16(20)17(15,14-5-3-2-4-6-14)8-9-18(13)21-11-12-22-18;1-8-4-5(2-6)3-7-8;/h3-7,14-15,17,20H,8-13,16H2,1-2H3;2*4-8,11-13,15,18H,9-10,14H2,1,3H3;2-6,13,15H,7-12H2,1H3,(H,19,20);3-4H,2H2,1H3;1H/t17-,20-,22+;2*15-,18-,22+;13-,15-,17+;;/m0100../s1. The van der Waals surface area contributed by atoms with Crippen LogP contribution in [0.3, 0.4) is 0 Å². The zero-order valence-electron chi connectivity index (χ0n) is 67.3. The number of nitrogens with one attached hydrogen (secondary N) is 1. The van der Waals surface area contributed by atoms with E-state index in [0.29, 0.717) is 65.0 Å². The Bertz CT molecular complexity index is 4840. The first kappa shape index (κ1) is 83.8. The van der Waals surface area contributed by atoms with Crippen molar-refractivity contribution in [1.29, 1.82) is 0 Å². The van der Waals surface area contributed by atoms with E-state index in [9.17, 15) is 28.8 Å². The molecule has 4 aromatic heterocycles. The maximum absolute atomic E-state index is 14.1. The van der Waals surface area contributed by atoms with Crippen molar-refractivity contribution >= 4 is 59.2 Å². The summed E-state index contributed by atoms with van der Waals surface area (Å²) >= 11 is 5.49. The maximum atomic E-state index is 14.1. The summed E-state index contributed by atoms with van der Waals surface area (Å²) in [5, 5.41) is 19.7. The molecule has 4 amide bonds. The lowest BCUT2D eigenvalue weighted by atomic mass is 9.54. The van der Waals surface area contributed by atoms with Crippen LogP contribution < -0.4 is 5.32 Å². The van der Waals surface area contributed by atoms with Gasteiger partial charge in [-0.15, -0.1) is 24.0 Å². The molecule has 8 aromatic rings. The molecular weight excluding hydrogens is 1510 g/mol. The zero-order valence-corrected chi connectivity index (χ0v) is 68.8. The first-order valence-electron chi connectivity index (χ1n) is 40.2. The molecule has 12 atom stereocenters. The van der Waals surface area contributed by atoms with Crippen LogP contribution in [0.15, 0.2) is 194 Å². The van der Waals surface area contributed by atoms with Gasteiger partial charge in [0.2, 0.25) is 35.0 Å². The zero-order chi connectivity index (χ0) is 81.0. The number of aromatic nitrogens is 8. The number of amides is 4. The molecule has 24 nitrogen and oxygen atoms in total. The number of benzene rings is 4. The number of hydrogen-bond acceptors (Lipinski definition) is 14. The molecule has 26 heteroatoms. The SMILES string of the molecule is C[C@H]1[C@@H]2CCN(Cc3cnn(C)c3)C(=O)[C@@]2(c2ccccc2)CCC12OCCO2.C[C@H]1[C@@H]2CCNC(=O)[C@@]2(c2ccccc2)CCC12OCCO2.Cl.Cn1cc(CCl)cn1.[C-]#[N+]C1=C[C@@]2(c3ccccc3)C(=O)N(Cc3cnn(C)c3)CC[C@@H]2[C@@H](C)C1=O.[C-]#[N+]C1=C[C@]2(c3ccccc3)C(=O)N(Cc3cnn(C)c3)CC[C@H]2[C@H](C)C1=O. The first-order valence-corrected chi connectivity index (χ1v) is 40.7. The van der Waals surface area contributed by atoms with E-state index in [-0.39, 0.29) is 106 Å². The minimum atomic E-state index is -0.977. The van der Waals surface area contributed by atoms with Crippen molar-refractivity contribution in [3.63, 3.8) is 0 Å². The van der Waals surface area contributed by atoms with Gasteiger partial charge in [0.15, 0.2) is 23.1 Å². The summed E-state index contributed by atoms with van der Waals surface area (Å²) in [6.45, 7) is 29.9. The monoisotopic (exact) mass is 1610 g/mol. The number of likely N-dealkylation sites (tertiary alicyclic amines) is 3. The number of carbonyl (C=O) groups excluding carboxylic acids is 6. The van der Waals surface area contributed by atoms with Crippen LogP contribution in [0.4, 0.5) is 0 Å². The Morgan fingerprint density at radius 1 is 0.440 bits per heavy atom. The molecule has 2 spiro atoms. The van der Waals surface area contributed by atoms with E-state index in [1.54, 1.807) is 49.5 Å². The van der Waals surface area contributed by atoms with E-state index in [1.807, 2.05) is 185 Å². The van der Waals surface area contributed by atoms with Crippen molar-refractivity contribution < 1.29 is 47.7 Å². The van der Waals surface area contributed by atoms with Crippen LogP contribution in [0.5, 0.6) is 0 Å². The van der Waals surface area contributed by atoms with Crippen LogP contribution in [0.2, 0.25) is 0 Å².